The number of halogens is 3. The van der Waals surface area contributed by atoms with E-state index in [1.807, 2.05) is 0 Å². The molecular weight excluding hydrogens is 225 g/mol. The molecule has 0 spiro atoms. The molecule has 0 aliphatic rings. The number of hydrogen-bond donors (Lipinski definition) is 2. The van der Waals surface area contributed by atoms with Crippen LogP contribution < -0.4 is 10.5 Å². The van der Waals surface area contributed by atoms with Gasteiger partial charge in [0.1, 0.15) is 0 Å². The van der Waals surface area contributed by atoms with Crippen molar-refractivity contribution in [2.24, 2.45) is 5.73 Å². The molecule has 7 heteroatoms. The highest BCUT2D eigenvalue weighted by atomic mass is 19.4. The summed E-state index contributed by atoms with van der Waals surface area (Å²) in [7, 11) is 0. The van der Waals surface area contributed by atoms with Crippen LogP contribution in [0, 0.1) is 6.92 Å². The fourth-order valence-corrected chi connectivity index (χ4v) is 1.29. The normalized spacial score (nSPS) is 11.6. The van der Waals surface area contributed by atoms with Crippen molar-refractivity contribution in [1.29, 1.82) is 0 Å². The van der Waals surface area contributed by atoms with Gasteiger partial charge in [-0.3, -0.25) is 0 Å². The molecule has 1 aromatic heterocycles. The van der Waals surface area contributed by atoms with Gasteiger partial charge in [-0.15, -0.1) is 13.2 Å². The lowest BCUT2D eigenvalue weighted by molar-refractivity contribution is -0.276. The number of hydrogen-bond acceptors (Lipinski definition) is 4. The minimum absolute atomic E-state index is 0.0606. The molecule has 90 valence electrons. The standard InChI is InChI=1S/C9H11F3N2O2/c1-5-2-6(4-15)7(3-13)8(14-5)16-9(10,11)12/h2,15H,3-4,13H2,1H3. The molecule has 0 aliphatic carbocycles. The fraction of sp³-hybridized carbons (Fsp3) is 0.444. The number of alkyl halides is 3. The Bertz CT molecular complexity index is 380. The van der Waals surface area contributed by atoms with Gasteiger partial charge in [-0.2, -0.15) is 0 Å². The van der Waals surface area contributed by atoms with E-state index in [1.54, 1.807) is 0 Å². The topological polar surface area (TPSA) is 68.4 Å². The lowest BCUT2D eigenvalue weighted by atomic mass is 10.1. The smallest absolute Gasteiger partial charge is 0.392 e. The van der Waals surface area contributed by atoms with Gasteiger partial charge in [-0.05, 0) is 18.6 Å². The summed E-state index contributed by atoms with van der Waals surface area (Å²) >= 11 is 0. The van der Waals surface area contributed by atoms with E-state index >= 15 is 0 Å². The van der Waals surface area contributed by atoms with Crippen LogP contribution in [-0.2, 0) is 13.2 Å². The number of nitrogens with two attached hydrogens (primary N) is 1. The van der Waals surface area contributed by atoms with Gasteiger partial charge in [0.25, 0.3) is 0 Å². The van der Waals surface area contributed by atoms with Crippen molar-refractivity contribution >= 4 is 0 Å². The Kier molecular flexibility index (Phi) is 3.71. The van der Waals surface area contributed by atoms with E-state index in [2.05, 4.69) is 9.72 Å². The highest BCUT2D eigenvalue weighted by molar-refractivity contribution is 5.36. The SMILES string of the molecule is Cc1cc(CO)c(CN)c(OC(F)(F)F)n1. The predicted molar refractivity (Wildman–Crippen MR) is 49.5 cm³/mol. The van der Waals surface area contributed by atoms with E-state index in [9.17, 15) is 13.2 Å². The number of aryl methyl sites for hydroxylation is 1. The molecule has 1 aromatic rings. The molecular formula is C9H11F3N2O2. The van der Waals surface area contributed by atoms with Gasteiger partial charge in [-0.25, -0.2) is 4.98 Å². The lowest BCUT2D eigenvalue weighted by Gasteiger charge is -2.14. The van der Waals surface area contributed by atoms with Crippen molar-refractivity contribution in [3.05, 3.63) is 22.9 Å². The summed E-state index contributed by atoms with van der Waals surface area (Å²) in [4.78, 5) is 3.60. The average Bonchev–Trinajstić information content (AvgIpc) is 2.14. The first-order valence-electron chi connectivity index (χ1n) is 4.43. The third kappa shape index (κ3) is 3.07. The Morgan fingerprint density at radius 2 is 2.12 bits per heavy atom. The number of ether oxygens (including phenoxy) is 1. The summed E-state index contributed by atoms with van der Waals surface area (Å²) in [6, 6.07) is 1.46. The molecule has 0 unspecified atom stereocenters. The zero-order chi connectivity index (χ0) is 12.3. The van der Waals surface area contributed by atoms with Gasteiger partial charge in [0.15, 0.2) is 0 Å². The second kappa shape index (κ2) is 4.67. The van der Waals surface area contributed by atoms with Crippen molar-refractivity contribution in [2.45, 2.75) is 26.4 Å². The van der Waals surface area contributed by atoms with Crippen molar-refractivity contribution in [1.82, 2.24) is 4.98 Å². The van der Waals surface area contributed by atoms with Gasteiger partial charge < -0.3 is 15.6 Å². The van der Waals surface area contributed by atoms with Crippen LogP contribution in [-0.4, -0.2) is 16.5 Å². The first-order valence-corrected chi connectivity index (χ1v) is 4.43. The Balaban J connectivity index is 3.20. The molecule has 16 heavy (non-hydrogen) atoms. The summed E-state index contributed by atoms with van der Waals surface area (Å²) in [6.45, 7) is 0.904. The van der Waals surface area contributed by atoms with Crippen LogP contribution in [0.3, 0.4) is 0 Å². The van der Waals surface area contributed by atoms with Gasteiger partial charge in [-0.1, -0.05) is 0 Å². The van der Waals surface area contributed by atoms with Crippen LogP contribution in [0.25, 0.3) is 0 Å². The molecule has 0 saturated heterocycles. The van der Waals surface area contributed by atoms with E-state index in [0.29, 0.717) is 5.69 Å². The third-order valence-corrected chi connectivity index (χ3v) is 1.89. The molecule has 0 amide bonds. The zero-order valence-electron chi connectivity index (χ0n) is 8.51. The maximum absolute atomic E-state index is 12.1. The molecule has 3 N–H and O–H groups in total. The molecule has 0 radical (unpaired) electrons. The largest absolute Gasteiger partial charge is 0.574 e. The number of aromatic nitrogens is 1. The molecule has 1 heterocycles. The number of rotatable bonds is 3. The van der Waals surface area contributed by atoms with E-state index in [1.165, 1.54) is 13.0 Å². The van der Waals surface area contributed by atoms with Crippen LogP contribution in [0.1, 0.15) is 16.8 Å². The molecule has 0 aliphatic heterocycles. The van der Waals surface area contributed by atoms with Crippen molar-refractivity contribution in [2.75, 3.05) is 0 Å². The average molecular weight is 236 g/mol. The molecule has 1 rings (SSSR count). The number of aliphatic hydroxyl groups is 1. The summed E-state index contributed by atoms with van der Waals surface area (Å²) in [6.07, 6.45) is -4.82. The molecule has 0 atom stereocenters. The van der Waals surface area contributed by atoms with Crippen molar-refractivity contribution in [3.8, 4) is 5.88 Å². The van der Waals surface area contributed by atoms with Crippen LogP contribution in [0.4, 0.5) is 13.2 Å². The maximum atomic E-state index is 12.1. The van der Waals surface area contributed by atoms with Crippen LogP contribution in [0.2, 0.25) is 0 Å². The zero-order valence-corrected chi connectivity index (χ0v) is 8.51. The molecule has 0 aromatic carbocycles. The molecule has 0 saturated carbocycles. The second-order valence-corrected chi connectivity index (χ2v) is 3.12. The summed E-state index contributed by atoms with van der Waals surface area (Å²) in [5.41, 5.74) is 5.96. The van der Waals surface area contributed by atoms with Crippen molar-refractivity contribution in [3.63, 3.8) is 0 Å². The maximum Gasteiger partial charge on any atom is 0.574 e. The highest BCUT2D eigenvalue weighted by Gasteiger charge is 2.33. The van der Waals surface area contributed by atoms with Crippen LogP contribution in [0.15, 0.2) is 6.07 Å². The minimum atomic E-state index is -4.82. The van der Waals surface area contributed by atoms with Gasteiger partial charge in [0.2, 0.25) is 5.88 Å². The summed E-state index contributed by atoms with van der Waals surface area (Å²) in [5, 5.41) is 8.98. The number of nitrogens with zero attached hydrogens (tertiary/aromatic N) is 1. The Morgan fingerprint density at radius 1 is 1.50 bits per heavy atom. The third-order valence-electron chi connectivity index (χ3n) is 1.89. The van der Waals surface area contributed by atoms with E-state index < -0.39 is 18.8 Å². The monoisotopic (exact) mass is 236 g/mol. The fourth-order valence-electron chi connectivity index (χ4n) is 1.29. The summed E-state index contributed by atoms with van der Waals surface area (Å²) in [5.74, 6) is -0.598. The number of aliphatic hydroxyl groups excluding tert-OH is 1. The molecule has 4 nitrogen and oxygen atoms in total. The predicted octanol–water partition coefficient (Wildman–Crippen LogP) is 1.24. The van der Waals surface area contributed by atoms with Gasteiger partial charge >= 0.3 is 6.36 Å². The van der Waals surface area contributed by atoms with Crippen LogP contribution in [0.5, 0.6) is 5.88 Å². The van der Waals surface area contributed by atoms with Crippen molar-refractivity contribution < 1.29 is 23.0 Å². The number of pyridine rings is 1. The second-order valence-electron chi connectivity index (χ2n) is 3.12. The first-order chi connectivity index (χ1) is 7.37. The Morgan fingerprint density at radius 3 is 2.56 bits per heavy atom. The summed E-state index contributed by atoms with van der Waals surface area (Å²) < 4.78 is 39.9. The van der Waals surface area contributed by atoms with E-state index in [4.69, 9.17) is 10.8 Å². The molecule has 0 fully saturated rings. The Hall–Kier alpha value is -1.34. The Labute approximate surface area is 89.9 Å². The highest BCUT2D eigenvalue weighted by Crippen LogP contribution is 2.27. The van der Waals surface area contributed by atoms with E-state index in [0.717, 1.165) is 0 Å². The van der Waals surface area contributed by atoms with Crippen LogP contribution >= 0.6 is 0 Å². The lowest BCUT2D eigenvalue weighted by Crippen LogP contribution is -2.20. The first kappa shape index (κ1) is 12.7. The minimum Gasteiger partial charge on any atom is -0.392 e. The van der Waals surface area contributed by atoms with Gasteiger partial charge in [0, 0.05) is 17.8 Å². The van der Waals surface area contributed by atoms with Gasteiger partial charge in [0.05, 0.1) is 6.61 Å². The van der Waals surface area contributed by atoms with E-state index in [-0.39, 0.29) is 17.7 Å². The molecule has 0 bridgehead atoms. The quantitative estimate of drug-likeness (QED) is 0.828.